The fourth-order valence-electron chi connectivity index (χ4n) is 9.51. The van der Waals surface area contributed by atoms with Crippen molar-refractivity contribution in [2.75, 3.05) is 0 Å². The Kier molecular flexibility index (Phi) is 2.12. The average Bonchev–Trinajstić information content (AvgIpc) is 2.34. The van der Waals surface area contributed by atoms with Gasteiger partial charge in [0.05, 0.1) is 0 Å². The molecule has 0 saturated heterocycles. The van der Waals surface area contributed by atoms with Gasteiger partial charge in [0, 0.05) is 0 Å². The maximum atomic E-state index is 1.67. The molecule has 0 aromatic carbocycles. The average molecular weight is 270 g/mol. The summed E-state index contributed by atoms with van der Waals surface area (Å²) in [5.41, 5.74) is 0.872. The SMILES string of the molecule is C1C2CC3CC1CC(C2)C3C12CC3CC(CC(C3)C1)C2. The van der Waals surface area contributed by atoms with E-state index in [4.69, 9.17) is 0 Å². The Labute approximate surface area is 124 Å². The predicted molar refractivity (Wildman–Crippen MR) is 81.1 cm³/mol. The smallest absolute Gasteiger partial charge is 0.0256 e. The minimum atomic E-state index is 0.872. The zero-order chi connectivity index (χ0) is 12.9. The van der Waals surface area contributed by atoms with Crippen LogP contribution < -0.4 is 0 Å². The van der Waals surface area contributed by atoms with E-state index in [0.717, 1.165) is 5.41 Å². The van der Waals surface area contributed by atoms with Gasteiger partial charge in [-0.15, -0.1) is 0 Å². The van der Waals surface area contributed by atoms with Crippen molar-refractivity contribution >= 4 is 0 Å². The molecule has 8 aliphatic carbocycles. The van der Waals surface area contributed by atoms with Crippen molar-refractivity contribution in [1.29, 1.82) is 0 Å². The molecule has 0 N–H and O–H groups in total. The molecule has 0 heterocycles. The molecular formula is C20H30. The van der Waals surface area contributed by atoms with Gasteiger partial charge < -0.3 is 0 Å². The zero-order valence-corrected chi connectivity index (χ0v) is 12.9. The Morgan fingerprint density at radius 1 is 0.450 bits per heavy atom. The lowest BCUT2D eigenvalue weighted by Gasteiger charge is -2.66. The fraction of sp³-hybridized carbons (Fsp3) is 1.00. The Morgan fingerprint density at radius 2 is 0.850 bits per heavy atom. The van der Waals surface area contributed by atoms with E-state index in [-0.39, 0.29) is 0 Å². The molecule has 20 heavy (non-hydrogen) atoms. The van der Waals surface area contributed by atoms with Crippen LogP contribution in [0.3, 0.4) is 0 Å². The molecular weight excluding hydrogens is 240 g/mol. The van der Waals surface area contributed by atoms with Crippen molar-refractivity contribution in [3.05, 3.63) is 0 Å². The van der Waals surface area contributed by atoms with Gasteiger partial charge in [-0.1, -0.05) is 0 Å². The summed E-state index contributed by atoms with van der Waals surface area (Å²) in [6.45, 7) is 0. The summed E-state index contributed by atoms with van der Waals surface area (Å²) in [7, 11) is 0. The summed E-state index contributed by atoms with van der Waals surface area (Å²) in [6, 6.07) is 0. The molecule has 8 bridgehead atoms. The lowest BCUT2D eigenvalue weighted by molar-refractivity contribution is -0.166. The van der Waals surface area contributed by atoms with E-state index in [1.807, 2.05) is 0 Å². The first-order chi connectivity index (χ1) is 9.77. The summed E-state index contributed by atoms with van der Waals surface area (Å²) < 4.78 is 0. The van der Waals surface area contributed by atoms with E-state index < -0.39 is 0 Å². The second kappa shape index (κ2) is 3.66. The van der Waals surface area contributed by atoms with E-state index >= 15 is 0 Å². The van der Waals surface area contributed by atoms with Crippen LogP contribution in [0.5, 0.6) is 0 Å². The summed E-state index contributed by atoms with van der Waals surface area (Å²) in [5.74, 6) is 9.40. The lowest BCUT2D eigenvalue weighted by Crippen LogP contribution is -2.57. The van der Waals surface area contributed by atoms with Gasteiger partial charge in [-0.25, -0.2) is 0 Å². The molecule has 0 heteroatoms. The number of hydrogen-bond donors (Lipinski definition) is 0. The van der Waals surface area contributed by atoms with Gasteiger partial charge in [0.25, 0.3) is 0 Å². The van der Waals surface area contributed by atoms with Gasteiger partial charge >= 0.3 is 0 Å². The molecule has 0 atom stereocenters. The highest BCUT2D eigenvalue weighted by molar-refractivity contribution is 5.10. The fourth-order valence-corrected chi connectivity index (χ4v) is 9.51. The van der Waals surface area contributed by atoms with Crippen molar-refractivity contribution in [1.82, 2.24) is 0 Å². The molecule has 0 unspecified atom stereocenters. The summed E-state index contributed by atoms with van der Waals surface area (Å²) in [4.78, 5) is 0. The van der Waals surface area contributed by atoms with Crippen LogP contribution >= 0.6 is 0 Å². The first kappa shape index (κ1) is 11.6. The van der Waals surface area contributed by atoms with Crippen molar-refractivity contribution in [2.45, 2.75) is 70.6 Å². The first-order valence-electron chi connectivity index (χ1n) is 9.77. The second-order valence-electron chi connectivity index (χ2n) is 10.2. The van der Waals surface area contributed by atoms with Crippen LogP contribution in [0.2, 0.25) is 0 Å². The molecule has 0 nitrogen and oxygen atoms in total. The third-order valence-electron chi connectivity index (χ3n) is 9.02. The lowest BCUT2D eigenvalue weighted by atomic mass is 9.39. The van der Waals surface area contributed by atoms with Crippen LogP contribution in [-0.2, 0) is 0 Å². The normalized spacial score (nSPS) is 66.0. The second-order valence-corrected chi connectivity index (χ2v) is 10.2. The predicted octanol–water partition coefficient (Wildman–Crippen LogP) is 5.28. The molecule has 0 aromatic heterocycles. The van der Waals surface area contributed by atoms with E-state index in [1.54, 1.807) is 70.6 Å². The van der Waals surface area contributed by atoms with E-state index in [2.05, 4.69) is 0 Å². The van der Waals surface area contributed by atoms with Gasteiger partial charge in [-0.2, -0.15) is 0 Å². The van der Waals surface area contributed by atoms with Crippen LogP contribution in [0, 0.1) is 52.8 Å². The van der Waals surface area contributed by atoms with Crippen LogP contribution in [-0.4, -0.2) is 0 Å². The standard InChI is InChI=1S/C20H30/c1-12-5-17-7-13(1)8-18(6-12)19(17)20-9-14-2-15(10-20)4-16(3-14)11-20/h12-19H,1-11H2. The van der Waals surface area contributed by atoms with E-state index in [1.165, 1.54) is 47.3 Å². The molecule has 8 rings (SSSR count). The molecule has 8 aliphatic rings. The molecule has 8 saturated carbocycles. The molecule has 0 radical (unpaired) electrons. The van der Waals surface area contributed by atoms with E-state index in [0.29, 0.717) is 0 Å². The quantitative estimate of drug-likeness (QED) is 0.608. The number of rotatable bonds is 1. The Hall–Kier alpha value is 0. The summed E-state index contributed by atoms with van der Waals surface area (Å²) in [5, 5.41) is 0. The molecule has 0 spiro atoms. The molecule has 8 fully saturated rings. The highest BCUT2D eigenvalue weighted by Crippen LogP contribution is 2.70. The first-order valence-corrected chi connectivity index (χ1v) is 9.77. The number of hydrogen-bond acceptors (Lipinski definition) is 0. The highest BCUT2D eigenvalue weighted by atomic mass is 14.7. The summed E-state index contributed by atoms with van der Waals surface area (Å²) in [6.07, 6.45) is 18.1. The van der Waals surface area contributed by atoms with Gasteiger partial charge in [0.15, 0.2) is 0 Å². The molecule has 110 valence electrons. The van der Waals surface area contributed by atoms with Gasteiger partial charge in [-0.05, 0) is 123 Å². The van der Waals surface area contributed by atoms with Crippen molar-refractivity contribution in [3.8, 4) is 0 Å². The largest absolute Gasteiger partial charge is 0.0475 e. The van der Waals surface area contributed by atoms with Crippen molar-refractivity contribution < 1.29 is 0 Å². The minimum Gasteiger partial charge on any atom is -0.0475 e. The topological polar surface area (TPSA) is 0 Å². The minimum absolute atomic E-state index is 0.872. The maximum absolute atomic E-state index is 1.67. The molecule has 0 amide bonds. The zero-order valence-electron chi connectivity index (χ0n) is 12.9. The van der Waals surface area contributed by atoms with E-state index in [9.17, 15) is 0 Å². The van der Waals surface area contributed by atoms with Gasteiger partial charge in [0.1, 0.15) is 0 Å². The van der Waals surface area contributed by atoms with Crippen molar-refractivity contribution in [2.24, 2.45) is 52.8 Å². The third-order valence-corrected chi connectivity index (χ3v) is 9.02. The van der Waals surface area contributed by atoms with Crippen molar-refractivity contribution in [3.63, 3.8) is 0 Å². The Bertz CT molecular complexity index is 370. The van der Waals surface area contributed by atoms with Crippen LogP contribution in [0.4, 0.5) is 0 Å². The van der Waals surface area contributed by atoms with Crippen LogP contribution in [0.15, 0.2) is 0 Å². The van der Waals surface area contributed by atoms with Gasteiger partial charge in [0.2, 0.25) is 0 Å². The van der Waals surface area contributed by atoms with Crippen LogP contribution in [0.25, 0.3) is 0 Å². The Balaban J connectivity index is 1.39. The van der Waals surface area contributed by atoms with Gasteiger partial charge in [-0.3, -0.25) is 0 Å². The monoisotopic (exact) mass is 270 g/mol. The Morgan fingerprint density at radius 3 is 1.30 bits per heavy atom. The molecule has 0 aromatic rings. The third kappa shape index (κ3) is 1.40. The van der Waals surface area contributed by atoms with Crippen LogP contribution in [0.1, 0.15) is 70.6 Å². The highest BCUT2D eigenvalue weighted by Gasteiger charge is 2.60. The molecule has 0 aliphatic heterocycles. The summed E-state index contributed by atoms with van der Waals surface area (Å²) >= 11 is 0. The maximum Gasteiger partial charge on any atom is -0.0256 e.